The summed E-state index contributed by atoms with van der Waals surface area (Å²) >= 11 is 0. The maximum atomic E-state index is 13.7. The van der Waals surface area contributed by atoms with Crippen LogP contribution in [-0.2, 0) is 32.1 Å². The van der Waals surface area contributed by atoms with Crippen LogP contribution < -0.4 is 16.0 Å². The minimum Gasteiger partial charge on any atom is -0.508 e. The van der Waals surface area contributed by atoms with E-state index in [1.54, 1.807) is 25.1 Å². The Hall–Kier alpha value is -4.06. The molecule has 0 spiro atoms. The number of benzene rings is 1. The van der Waals surface area contributed by atoms with Crippen LogP contribution in [0.4, 0.5) is 10.5 Å². The zero-order valence-corrected chi connectivity index (χ0v) is 22.7. The number of aromatic hydroxyl groups is 1. The number of hydrogen-bond acceptors (Lipinski definition) is 10. The number of Topliss-reactive ketones (excluding diaryl/α,β-unsaturated/α-hetero) is 2. The number of unbranched alkanes of at least 4 members (excludes halogenated alkanes) is 2. The molecule has 7 N–H and O–H groups in total. The first-order valence-corrected chi connectivity index (χ1v) is 13.3. The van der Waals surface area contributed by atoms with E-state index in [9.17, 15) is 39.6 Å². The summed E-state index contributed by atoms with van der Waals surface area (Å²) in [4.78, 5) is 51.9. The van der Waals surface area contributed by atoms with E-state index in [1.807, 2.05) is 6.92 Å². The van der Waals surface area contributed by atoms with Gasteiger partial charge in [0.05, 0.1) is 12.2 Å². The lowest BCUT2D eigenvalue weighted by atomic mass is 9.59. The first-order valence-electron chi connectivity index (χ1n) is 13.3. The normalized spacial score (nSPS) is 23.8. The van der Waals surface area contributed by atoms with Crippen molar-refractivity contribution < 1.29 is 44.3 Å². The fraction of sp³-hybridized carbons (Fsp3) is 0.500. The fourth-order valence-electron chi connectivity index (χ4n) is 5.99. The van der Waals surface area contributed by atoms with Crippen LogP contribution in [0.2, 0.25) is 0 Å². The molecule has 0 aliphatic heterocycles. The second-order valence-electron chi connectivity index (χ2n) is 10.8. The average Bonchev–Trinajstić information content (AvgIpc) is 2.87. The summed E-state index contributed by atoms with van der Waals surface area (Å²) in [5.41, 5.74) is 2.91. The lowest BCUT2D eigenvalue weighted by Crippen LogP contribution is -2.58. The van der Waals surface area contributed by atoms with Gasteiger partial charge in [-0.1, -0.05) is 19.8 Å². The highest BCUT2D eigenvalue weighted by molar-refractivity contribution is 6.22. The van der Waals surface area contributed by atoms with Crippen molar-refractivity contribution >= 4 is 35.0 Å². The van der Waals surface area contributed by atoms with Crippen molar-refractivity contribution in [3.05, 3.63) is 39.7 Å². The highest BCUT2D eigenvalue weighted by atomic mass is 16.5. The van der Waals surface area contributed by atoms with Gasteiger partial charge in [-0.2, -0.15) is 0 Å². The number of aliphatic hydroxyl groups is 3. The van der Waals surface area contributed by atoms with Crippen LogP contribution in [0.25, 0.3) is 5.76 Å². The first kappa shape index (κ1) is 28.9. The number of anilines is 1. The summed E-state index contributed by atoms with van der Waals surface area (Å²) in [6.45, 7) is 2.15. The van der Waals surface area contributed by atoms with Gasteiger partial charge in [-0.15, -0.1) is 0 Å². The molecule has 3 aliphatic rings. The zero-order chi connectivity index (χ0) is 29.5. The molecule has 216 valence electrons. The smallest absolute Gasteiger partial charge is 0.407 e. The topological polar surface area (TPSA) is 200 Å². The molecule has 1 aromatic rings. The maximum absolute atomic E-state index is 13.7. The SMILES string of the molecule is CCCCCOC(=O)NCc1cc(N(C)C)c2c(c1O)C(O)=C1C(=O)[C@]3(O)C(O)=C(C(N)=O)C(=O)C[C@@H]3C[C@@H]1C2. The number of fused-ring (bicyclic) bond motifs is 3. The standard InChI is InChI=1S/C28H35N3O9/c1-4-5-6-7-40-27(38)30-12-14-10-17(31(2)3)16-9-13-8-15-11-18(32)21(26(29)37)25(36)28(15,39)24(35)19(13)23(34)20(16)22(14)33/h10,13,15,33-34,36,39H,4-9,11-12H2,1-3H3,(H2,29,37)(H,30,38)/t13-,15+,28+/m1/s1. The molecule has 4 rings (SSSR count). The monoisotopic (exact) mass is 557 g/mol. The molecule has 0 saturated heterocycles. The summed E-state index contributed by atoms with van der Waals surface area (Å²) < 4.78 is 5.15. The highest BCUT2D eigenvalue weighted by Crippen LogP contribution is 2.53. The van der Waals surface area contributed by atoms with Crippen LogP contribution in [0.15, 0.2) is 23.0 Å². The molecule has 2 amide bonds. The number of hydrogen-bond donors (Lipinski definition) is 6. The summed E-state index contributed by atoms with van der Waals surface area (Å²) in [7, 11) is 3.53. The van der Waals surface area contributed by atoms with Crippen molar-refractivity contribution in [3.63, 3.8) is 0 Å². The van der Waals surface area contributed by atoms with Crippen LogP contribution in [0.5, 0.6) is 5.75 Å². The van der Waals surface area contributed by atoms with Gasteiger partial charge in [0, 0.05) is 49.8 Å². The van der Waals surface area contributed by atoms with Gasteiger partial charge < -0.3 is 41.1 Å². The third-order valence-electron chi connectivity index (χ3n) is 8.01. The Balaban J connectivity index is 1.75. The molecule has 1 aromatic carbocycles. The number of aliphatic hydroxyl groups excluding tert-OH is 2. The molecule has 0 unspecified atom stereocenters. The van der Waals surface area contributed by atoms with Crippen molar-refractivity contribution in [1.82, 2.24) is 5.32 Å². The van der Waals surface area contributed by atoms with Crippen molar-refractivity contribution in [2.24, 2.45) is 17.6 Å². The quantitative estimate of drug-likeness (QED) is 0.203. The predicted octanol–water partition coefficient (Wildman–Crippen LogP) is 1.91. The molecular formula is C28H35N3O9. The van der Waals surface area contributed by atoms with Crippen molar-refractivity contribution in [3.8, 4) is 5.75 Å². The van der Waals surface area contributed by atoms with E-state index in [0.717, 1.165) is 19.3 Å². The number of primary amides is 1. The van der Waals surface area contributed by atoms with Crippen molar-refractivity contribution in [1.29, 1.82) is 0 Å². The average molecular weight is 558 g/mol. The van der Waals surface area contributed by atoms with Crippen molar-refractivity contribution in [2.75, 3.05) is 25.6 Å². The Morgan fingerprint density at radius 1 is 1.18 bits per heavy atom. The summed E-state index contributed by atoms with van der Waals surface area (Å²) in [5, 5.41) is 47.3. The molecule has 0 radical (unpaired) electrons. The molecule has 40 heavy (non-hydrogen) atoms. The second-order valence-corrected chi connectivity index (χ2v) is 10.8. The molecule has 0 bridgehead atoms. The Kier molecular flexibility index (Phi) is 7.84. The second kappa shape index (κ2) is 10.8. The lowest BCUT2D eigenvalue weighted by molar-refractivity contribution is -0.147. The zero-order valence-electron chi connectivity index (χ0n) is 22.7. The largest absolute Gasteiger partial charge is 0.508 e. The minimum atomic E-state index is -2.63. The third kappa shape index (κ3) is 4.66. The van der Waals surface area contributed by atoms with E-state index in [-0.39, 0.29) is 54.9 Å². The molecule has 0 heterocycles. The number of carbonyl (C=O) groups excluding carboxylic acids is 4. The van der Waals surface area contributed by atoms with Crippen LogP contribution in [0, 0.1) is 11.8 Å². The summed E-state index contributed by atoms with van der Waals surface area (Å²) in [6, 6.07) is 1.67. The van der Waals surface area contributed by atoms with E-state index < -0.39 is 58.1 Å². The van der Waals surface area contributed by atoms with E-state index in [2.05, 4.69) is 5.32 Å². The van der Waals surface area contributed by atoms with Gasteiger partial charge in [-0.3, -0.25) is 14.4 Å². The van der Waals surface area contributed by atoms with Gasteiger partial charge in [0.15, 0.2) is 11.4 Å². The number of nitrogens with one attached hydrogen (secondary N) is 1. The highest BCUT2D eigenvalue weighted by Gasteiger charge is 2.60. The van der Waals surface area contributed by atoms with Gasteiger partial charge in [-0.25, -0.2) is 4.79 Å². The summed E-state index contributed by atoms with van der Waals surface area (Å²) in [6.07, 6.45) is 1.80. The van der Waals surface area contributed by atoms with Crippen LogP contribution >= 0.6 is 0 Å². The van der Waals surface area contributed by atoms with Crippen molar-refractivity contribution in [2.45, 2.75) is 57.6 Å². The molecule has 3 atom stereocenters. The molecule has 3 aliphatic carbocycles. The molecular weight excluding hydrogens is 522 g/mol. The number of ether oxygens (including phenoxy) is 1. The van der Waals surface area contributed by atoms with Crippen LogP contribution in [0.3, 0.4) is 0 Å². The molecule has 12 heteroatoms. The fourth-order valence-corrected chi connectivity index (χ4v) is 5.99. The molecule has 1 saturated carbocycles. The Bertz CT molecular complexity index is 1350. The summed E-state index contributed by atoms with van der Waals surface area (Å²) in [5.74, 6) is -6.86. The lowest BCUT2D eigenvalue weighted by Gasteiger charge is -2.46. The third-order valence-corrected chi connectivity index (χ3v) is 8.01. The number of alkyl carbamates (subject to hydrolysis) is 1. The van der Waals surface area contributed by atoms with Gasteiger partial charge in [0.25, 0.3) is 5.91 Å². The van der Waals surface area contributed by atoms with Gasteiger partial charge in [0.2, 0.25) is 5.78 Å². The number of phenolic OH excluding ortho intramolecular Hbond substituents is 1. The number of ketones is 2. The van der Waals surface area contributed by atoms with E-state index >= 15 is 0 Å². The van der Waals surface area contributed by atoms with Gasteiger partial charge in [-0.05, 0) is 36.8 Å². The van der Waals surface area contributed by atoms with Gasteiger partial charge >= 0.3 is 6.09 Å². The number of carbonyl (C=O) groups is 4. The Morgan fingerprint density at radius 2 is 1.88 bits per heavy atom. The number of amides is 2. The van der Waals surface area contributed by atoms with E-state index in [0.29, 0.717) is 11.3 Å². The first-order chi connectivity index (χ1) is 18.8. The van der Waals surface area contributed by atoms with Crippen LogP contribution in [0.1, 0.15) is 55.7 Å². The Labute approximate surface area is 231 Å². The van der Waals surface area contributed by atoms with Gasteiger partial charge in [0.1, 0.15) is 22.8 Å². The van der Waals surface area contributed by atoms with E-state index in [4.69, 9.17) is 10.5 Å². The predicted molar refractivity (Wildman–Crippen MR) is 143 cm³/mol. The number of nitrogens with two attached hydrogens (primary N) is 1. The molecule has 12 nitrogen and oxygen atoms in total. The molecule has 1 fully saturated rings. The number of nitrogens with zero attached hydrogens (tertiary/aromatic N) is 1. The Morgan fingerprint density at radius 3 is 2.50 bits per heavy atom. The molecule has 0 aromatic heterocycles. The minimum absolute atomic E-state index is 0.0357. The maximum Gasteiger partial charge on any atom is 0.407 e. The number of rotatable bonds is 8. The van der Waals surface area contributed by atoms with Crippen LogP contribution in [-0.4, -0.2) is 70.3 Å². The van der Waals surface area contributed by atoms with E-state index in [1.165, 1.54) is 0 Å². The number of phenols is 1.